The van der Waals surface area contributed by atoms with E-state index >= 15 is 0 Å². The van der Waals surface area contributed by atoms with Gasteiger partial charge in [-0.05, 0) is 12.8 Å². The number of rotatable bonds is 4. The quantitative estimate of drug-likeness (QED) is 0.678. The minimum absolute atomic E-state index is 0.107. The predicted octanol–water partition coefficient (Wildman–Crippen LogP) is 1.83. The molecule has 1 saturated carbocycles. The van der Waals surface area contributed by atoms with E-state index in [0.29, 0.717) is 6.61 Å². The zero-order chi connectivity index (χ0) is 9.68. The molecule has 3 heteroatoms. The van der Waals surface area contributed by atoms with E-state index in [0.717, 1.165) is 25.7 Å². The van der Waals surface area contributed by atoms with Gasteiger partial charge in [-0.1, -0.05) is 18.9 Å². The molecular formula is C10H16O3. The van der Waals surface area contributed by atoms with Crippen molar-refractivity contribution < 1.29 is 14.6 Å². The monoisotopic (exact) mass is 184 g/mol. The third-order valence-corrected chi connectivity index (χ3v) is 2.45. The zero-order valence-corrected chi connectivity index (χ0v) is 7.74. The van der Waals surface area contributed by atoms with Gasteiger partial charge in [0.2, 0.25) is 0 Å². The Morgan fingerprint density at radius 1 is 1.54 bits per heavy atom. The van der Waals surface area contributed by atoms with Crippen molar-refractivity contribution in [1.29, 1.82) is 0 Å². The summed E-state index contributed by atoms with van der Waals surface area (Å²) in [5, 5.41) is 8.90. The molecule has 0 bridgehead atoms. The molecule has 0 saturated heterocycles. The van der Waals surface area contributed by atoms with Crippen molar-refractivity contribution in [3.05, 3.63) is 12.7 Å². The Morgan fingerprint density at radius 3 is 2.85 bits per heavy atom. The van der Waals surface area contributed by atoms with Crippen LogP contribution in [0.2, 0.25) is 0 Å². The van der Waals surface area contributed by atoms with Crippen molar-refractivity contribution in [2.45, 2.75) is 31.8 Å². The molecule has 0 aromatic carbocycles. The second kappa shape index (κ2) is 5.02. The molecule has 1 fully saturated rings. The molecule has 2 atom stereocenters. The Balaban J connectivity index is 2.46. The second-order valence-corrected chi connectivity index (χ2v) is 3.39. The maximum atomic E-state index is 10.8. The minimum Gasteiger partial charge on any atom is -0.481 e. The Hall–Kier alpha value is -0.830. The van der Waals surface area contributed by atoms with E-state index in [-0.39, 0.29) is 12.0 Å². The summed E-state index contributed by atoms with van der Waals surface area (Å²) >= 11 is 0. The molecule has 0 amide bonds. The fraction of sp³-hybridized carbons (Fsp3) is 0.700. The molecule has 13 heavy (non-hydrogen) atoms. The van der Waals surface area contributed by atoms with Crippen LogP contribution in [0.5, 0.6) is 0 Å². The number of carboxylic acids is 1. The van der Waals surface area contributed by atoms with E-state index in [1.807, 2.05) is 0 Å². The molecule has 2 unspecified atom stereocenters. The van der Waals surface area contributed by atoms with Crippen LogP contribution in [0.1, 0.15) is 25.7 Å². The van der Waals surface area contributed by atoms with Crippen LogP contribution in [0.4, 0.5) is 0 Å². The number of hydrogen-bond donors (Lipinski definition) is 1. The summed E-state index contributed by atoms with van der Waals surface area (Å²) < 4.78 is 5.41. The van der Waals surface area contributed by atoms with Gasteiger partial charge in [0, 0.05) is 0 Å². The fourth-order valence-electron chi connectivity index (χ4n) is 1.77. The molecular weight excluding hydrogens is 168 g/mol. The first kappa shape index (κ1) is 10.3. The Kier molecular flexibility index (Phi) is 3.96. The SMILES string of the molecule is C=CCOC1CCCCC1C(=O)O. The summed E-state index contributed by atoms with van der Waals surface area (Å²) in [6.45, 7) is 4.00. The summed E-state index contributed by atoms with van der Waals surface area (Å²) in [5.74, 6) is -1.04. The Morgan fingerprint density at radius 2 is 2.23 bits per heavy atom. The second-order valence-electron chi connectivity index (χ2n) is 3.39. The van der Waals surface area contributed by atoms with Crippen molar-refractivity contribution >= 4 is 5.97 Å². The van der Waals surface area contributed by atoms with Crippen LogP contribution in [0.3, 0.4) is 0 Å². The topological polar surface area (TPSA) is 46.5 Å². The first-order valence-electron chi connectivity index (χ1n) is 4.71. The first-order valence-corrected chi connectivity index (χ1v) is 4.71. The van der Waals surface area contributed by atoms with Crippen LogP contribution in [-0.2, 0) is 9.53 Å². The highest BCUT2D eigenvalue weighted by atomic mass is 16.5. The molecule has 1 rings (SSSR count). The lowest BCUT2D eigenvalue weighted by Crippen LogP contribution is -2.33. The predicted molar refractivity (Wildman–Crippen MR) is 49.5 cm³/mol. The molecule has 0 aromatic rings. The van der Waals surface area contributed by atoms with Gasteiger partial charge in [-0.15, -0.1) is 6.58 Å². The van der Waals surface area contributed by atoms with Gasteiger partial charge in [-0.3, -0.25) is 4.79 Å². The molecule has 0 spiro atoms. The normalized spacial score (nSPS) is 28.3. The van der Waals surface area contributed by atoms with Crippen LogP contribution in [0, 0.1) is 5.92 Å². The van der Waals surface area contributed by atoms with E-state index in [2.05, 4.69) is 6.58 Å². The molecule has 0 heterocycles. The van der Waals surface area contributed by atoms with Gasteiger partial charge in [0.15, 0.2) is 0 Å². The Bertz CT molecular complexity index is 189. The highest BCUT2D eigenvalue weighted by molar-refractivity contribution is 5.70. The van der Waals surface area contributed by atoms with E-state index in [1.54, 1.807) is 6.08 Å². The van der Waals surface area contributed by atoms with Gasteiger partial charge < -0.3 is 9.84 Å². The van der Waals surface area contributed by atoms with E-state index in [1.165, 1.54) is 0 Å². The largest absolute Gasteiger partial charge is 0.481 e. The van der Waals surface area contributed by atoms with E-state index < -0.39 is 5.97 Å². The lowest BCUT2D eigenvalue weighted by molar-refractivity contribution is -0.149. The maximum absolute atomic E-state index is 10.8. The van der Waals surface area contributed by atoms with Crippen molar-refractivity contribution in [2.24, 2.45) is 5.92 Å². The molecule has 1 N–H and O–H groups in total. The van der Waals surface area contributed by atoms with Crippen molar-refractivity contribution in [3.8, 4) is 0 Å². The highest BCUT2D eigenvalue weighted by Crippen LogP contribution is 2.26. The standard InChI is InChI=1S/C10H16O3/c1-2-7-13-9-6-4-3-5-8(9)10(11)12/h2,8-9H,1,3-7H2,(H,11,12). The zero-order valence-electron chi connectivity index (χ0n) is 7.74. The van der Waals surface area contributed by atoms with Crippen LogP contribution in [-0.4, -0.2) is 23.8 Å². The van der Waals surface area contributed by atoms with Crippen LogP contribution in [0.25, 0.3) is 0 Å². The number of aliphatic carboxylic acids is 1. The molecule has 74 valence electrons. The average Bonchev–Trinajstić information content (AvgIpc) is 2.15. The molecule has 1 aliphatic carbocycles. The number of carboxylic acid groups (broad SMARTS) is 1. The summed E-state index contributed by atoms with van der Waals surface area (Å²) in [4.78, 5) is 10.8. The number of ether oxygens (including phenoxy) is 1. The molecule has 0 aromatic heterocycles. The summed E-state index contributed by atoms with van der Waals surface area (Å²) in [5.41, 5.74) is 0. The van der Waals surface area contributed by atoms with Gasteiger partial charge in [0.05, 0.1) is 18.6 Å². The van der Waals surface area contributed by atoms with Crippen molar-refractivity contribution in [3.63, 3.8) is 0 Å². The lowest BCUT2D eigenvalue weighted by Gasteiger charge is -2.27. The summed E-state index contributed by atoms with van der Waals surface area (Å²) in [6, 6.07) is 0. The van der Waals surface area contributed by atoms with E-state index in [4.69, 9.17) is 9.84 Å². The summed E-state index contributed by atoms with van der Waals surface area (Å²) in [7, 11) is 0. The molecule has 3 nitrogen and oxygen atoms in total. The third kappa shape index (κ3) is 2.84. The maximum Gasteiger partial charge on any atom is 0.309 e. The number of hydrogen-bond acceptors (Lipinski definition) is 2. The smallest absolute Gasteiger partial charge is 0.309 e. The minimum atomic E-state index is -0.728. The average molecular weight is 184 g/mol. The van der Waals surface area contributed by atoms with Gasteiger partial charge in [0.25, 0.3) is 0 Å². The molecule has 0 radical (unpaired) electrons. The van der Waals surface area contributed by atoms with Gasteiger partial charge >= 0.3 is 5.97 Å². The lowest BCUT2D eigenvalue weighted by atomic mass is 9.86. The van der Waals surface area contributed by atoms with Crippen molar-refractivity contribution in [2.75, 3.05) is 6.61 Å². The van der Waals surface area contributed by atoms with Crippen LogP contribution >= 0.6 is 0 Å². The molecule has 1 aliphatic rings. The first-order chi connectivity index (χ1) is 6.25. The van der Waals surface area contributed by atoms with Crippen LogP contribution < -0.4 is 0 Å². The summed E-state index contributed by atoms with van der Waals surface area (Å²) in [6.07, 6.45) is 5.25. The van der Waals surface area contributed by atoms with Crippen molar-refractivity contribution in [1.82, 2.24) is 0 Å². The third-order valence-electron chi connectivity index (χ3n) is 2.45. The van der Waals surface area contributed by atoms with E-state index in [9.17, 15) is 4.79 Å². The highest BCUT2D eigenvalue weighted by Gasteiger charge is 2.30. The Labute approximate surface area is 78.4 Å². The van der Waals surface area contributed by atoms with Gasteiger partial charge in [-0.2, -0.15) is 0 Å². The van der Waals surface area contributed by atoms with Crippen LogP contribution in [0.15, 0.2) is 12.7 Å². The number of carbonyl (C=O) groups is 1. The van der Waals surface area contributed by atoms with Gasteiger partial charge in [-0.25, -0.2) is 0 Å². The van der Waals surface area contributed by atoms with Gasteiger partial charge in [0.1, 0.15) is 0 Å². The molecule has 0 aliphatic heterocycles. The fourth-order valence-corrected chi connectivity index (χ4v) is 1.77.